The standard InChI is InChI=1S/C44H31N/c1-4-16-32(17-5-1)35-28-36(33-18-6-2-7-19-33)30-38(29-35)45(37-21-8-3-9-22-37)44-27-15-14-26-42(44)43-31-34-20-10-11-23-39(34)40-24-12-13-25-41(40)43/h1-31H. The highest BCUT2D eigenvalue weighted by Gasteiger charge is 2.20. The van der Waals surface area contributed by atoms with Crippen LogP contribution >= 0.6 is 0 Å². The Balaban J connectivity index is 1.41. The monoisotopic (exact) mass is 573 g/mol. The van der Waals surface area contributed by atoms with E-state index in [0.29, 0.717) is 0 Å². The molecule has 8 aromatic carbocycles. The second-order valence-electron chi connectivity index (χ2n) is 11.4. The Morgan fingerprint density at radius 3 is 1.47 bits per heavy atom. The van der Waals surface area contributed by atoms with Crippen LogP contribution in [-0.2, 0) is 0 Å². The van der Waals surface area contributed by atoms with Crippen molar-refractivity contribution in [3.8, 4) is 33.4 Å². The molecule has 0 radical (unpaired) electrons. The van der Waals surface area contributed by atoms with Crippen LogP contribution in [0.15, 0.2) is 188 Å². The maximum absolute atomic E-state index is 2.41. The lowest BCUT2D eigenvalue weighted by atomic mass is 9.92. The summed E-state index contributed by atoms with van der Waals surface area (Å²) in [6.07, 6.45) is 0. The van der Waals surface area contributed by atoms with E-state index in [9.17, 15) is 0 Å². The number of anilines is 3. The van der Waals surface area contributed by atoms with Gasteiger partial charge in [0.15, 0.2) is 0 Å². The number of benzene rings is 8. The zero-order valence-electron chi connectivity index (χ0n) is 24.8. The van der Waals surface area contributed by atoms with E-state index in [4.69, 9.17) is 0 Å². The van der Waals surface area contributed by atoms with E-state index in [1.807, 2.05) is 0 Å². The van der Waals surface area contributed by atoms with E-state index >= 15 is 0 Å². The third-order valence-electron chi connectivity index (χ3n) is 8.61. The van der Waals surface area contributed by atoms with Gasteiger partial charge in [-0.25, -0.2) is 0 Å². The molecule has 212 valence electrons. The van der Waals surface area contributed by atoms with Crippen molar-refractivity contribution < 1.29 is 0 Å². The van der Waals surface area contributed by atoms with Crippen molar-refractivity contribution in [2.24, 2.45) is 0 Å². The fourth-order valence-electron chi connectivity index (χ4n) is 6.51. The molecule has 0 atom stereocenters. The van der Waals surface area contributed by atoms with E-state index in [1.165, 1.54) is 54.9 Å². The first-order valence-corrected chi connectivity index (χ1v) is 15.4. The molecule has 0 aromatic heterocycles. The minimum Gasteiger partial charge on any atom is -0.310 e. The molecule has 1 nitrogen and oxygen atoms in total. The summed E-state index contributed by atoms with van der Waals surface area (Å²) in [5.41, 5.74) is 10.5. The Kier molecular flexibility index (Phi) is 6.90. The Labute approximate surface area is 264 Å². The second-order valence-corrected chi connectivity index (χ2v) is 11.4. The molecule has 0 aliphatic carbocycles. The lowest BCUT2D eigenvalue weighted by molar-refractivity contribution is 1.28. The molecule has 0 aliphatic rings. The fraction of sp³-hybridized carbons (Fsp3) is 0. The van der Waals surface area contributed by atoms with Gasteiger partial charge in [-0.05, 0) is 91.8 Å². The molecule has 45 heavy (non-hydrogen) atoms. The van der Waals surface area contributed by atoms with Crippen LogP contribution in [0.3, 0.4) is 0 Å². The van der Waals surface area contributed by atoms with Gasteiger partial charge in [-0.1, -0.05) is 146 Å². The Hall–Kier alpha value is -5.92. The third-order valence-corrected chi connectivity index (χ3v) is 8.61. The summed E-state index contributed by atoms with van der Waals surface area (Å²) in [4.78, 5) is 2.41. The van der Waals surface area contributed by atoms with E-state index in [2.05, 4.69) is 193 Å². The topological polar surface area (TPSA) is 3.24 Å². The first kappa shape index (κ1) is 26.7. The molecule has 0 N–H and O–H groups in total. The zero-order chi connectivity index (χ0) is 30.0. The third kappa shape index (κ3) is 5.05. The minimum absolute atomic E-state index is 1.11. The lowest BCUT2D eigenvalue weighted by Gasteiger charge is -2.29. The summed E-state index contributed by atoms with van der Waals surface area (Å²) in [5, 5.41) is 5.03. The van der Waals surface area contributed by atoms with Crippen molar-refractivity contribution in [3.63, 3.8) is 0 Å². The number of fused-ring (bicyclic) bond motifs is 3. The number of hydrogen-bond donors (Lipinski definition) is 0. The van der Waals surface area contributed by atoms with Gasteiger partial charge < -0.3 is 4.90 Å². The first-order valence-electron chi connectivity index (χ1n) is 15.4. The number of nitrogens with zero attached hydrogens (tertiary/aromatic N) is 1. The highest BCUT2D eigenvalue weighted by Crippen LogP contribution is 2.45. The predicted molar refractivity (Wildman–Crippen MR) is 192 cm³/mol. The van der Waals surface area contributed by atoms with Gasteiger partial charge in [0.2, 0.25) is 0 Å². The van der Waals surface area contributed by atoms with Crippen molar-refractivity contribution in [2.75, 3.05) is 4.90 Å². The summed E-state index contributed by atoms with van der Waals surface area (Å²) >= 11 is 0. The Bertz CT molecular complexity index is 2200. The van der Waals surface area contributed by atoms with Crippen LogP contribution < -0.4 is 4.90 Å². The molecular formula is C44H31N. The Morgan fingerprint density at radius 2 is 0.800 bits per heavy atom. The highest BCUT2D eigenvalue weighted by molar-refractivity contribution is 6.15. The van der Waals surface area contributed by atoms with Crippen molar-refractivity contribution in [2.45, 2.75) is 0 Å². The summed E-state index contributed by atoms with van der Waals surface area (Å²) in [7, 11) is 0. The number of rotatable bonds is 6. The summed E-state index contributed by atoms with van der Waals surface area (Å²) in [6.45, 7) is 0. The van der Waals surface area contributed by atoms with Gasteiger partial charge in [-0.15, -0.1) is 0 Å². The van der Waals surface area contributed by atoms with Crippen LogP contribution in [0.1, 0.15) is 0 Å². The average Bonchev–Trinajstić information content (AvgIpc) is 3.13. The average molecular weight is 574 g/mol. The first-order chi connectivity index (χ1) is 22.3. The van der Waals surface area contributed by atoms with Gasteiger partial charge in [0.1, 0.15) is 0 Å². The molecule has 1 heteroatoms. The summed E-state index contributed by atoms with van der Waals surface area (Å²) in [5.74, 6) is 0. The van der Waals surface area contributed by atoms with Crippen LogP contribution in [0.4, 0.5) is 17.1 Å². The van der Waals surface area contributed by atoms with Crippen molar-refractivity contribution in [1.82, 2.24) is 0 Å². The van der Waals surface area contributed by atoms with Gasteiger partial charge in [0.25, 0.3) is 0 Å². The van der Waals surface area contributed by atoms with Crippen LogP contribution in [0.2, 0.25) is 0 Å². The van der Waals surface area contributed by atoms with Crippen LogP contribution in [0.25, 0.3) is 54.9 Å². The SMILES string of the molecule is c1ccc(-c2cc(-c3ccccc3)cc(N(c3ccccc3)c3ccccc3-c3cc4ccccc4c4ccccc34)c2)cc1. The fourth-order valence-corrected chi connectivity index (χ4v) is 6.51. The Morgan fingerprint density at radius 1 is 0.289 bits per heavy atom. The van der Waals surface area contributed by atoms with E-state index < -0.39 is 0 Å². The molecule has 0 unspecified atom stereocenters. The second kappa shape index (κ2) is 11.6. The molecule has 0 aliphatic heterocycles. The van der Waals surface area contributed by atoms with Crippen molar-refractivity contribution in [3.05, 3.63) is 188 Å². The largest absolute Gasteiger partial charge is 0.310 e. The summed E-state index contributed by atoms with van der Waals surface area (Å²) in [6, 6.07) is 67.7. The predicted octanol–water partition coefficient (Wildman–Crippen LogP) is 12.5. The van der Waals surface area contributed by atoms with Crippen LogP contribution in [0.5, 0.6) is 0 Å². The van der Waals surface area contributed by atoms with Gasteiger partial charge in [-0.3, -0.25) is 0 Å². The van der Waals surface area contributed by atoms with E-state index in [0.717, 1.165) is 17.1 Å². The van der Waals surface area contributed by atoms with Crippen molar-refractivity contribution >= 4 is 38.6 Å². The molecule has 0 saturated heterocycles. The van der Waals surface area contributed by atoms with Crippen LogP contribution in [0, 0.1) is 0 Å². The van der Waals surface area contributed by atoms with E-state index in [1.54, 1.807) is 0 Å². The van der Waals surface area contributed by atoms with Gasteiger partial charge in [-0.2, -0.15) is 0 Å². The number of hydrogen-bond acceptors (Lipinski definition) is 1. The normalized spacial score (nSPS) is 11.1. The van der Waals surface area contributed by atoms with E-state index in [-0.39, 0.29) is 0 Å². The molecular weight excluding hydrogens is 542 g/mol. The number of para-hydroxylation sites is 2. The highest BCUT2D eigenvalue weighted by atomic mass is 15.1. The smallest absolute Gasteiger partial charge is 0.0540 e. The molecule has 0 bridgehead atoms. The molecule has 0 fully saturated rings. The molecule has 0 heterocycles. The summed E-state index contributed by atoms with van der Waals surface area (Å²) < 4.78 is 0. The van der Waals surface area contributed by atoms with Crippen LogP contribution in [-0.4, -0.2) is 0 Å². The minimum atomic E-state index is 1.11. The quantitative estimate of drug-likeness (QED) is 0.179. The van der Waals surface area contributed by atoms with Crippen molar-refractivity contribution in [1.29, 1.82) is 0 Å². The molecule has 8 aromatic rings. The van der Waals surface area contributed by atoms with Gasteiger partial charge >= 0.3 is 0 Å². The van der Waals surface area contributed by atoms with Gasteiger partial charge in [0.05, 0.1) is 5.69 Å². The maximum atomic E-state index is 2.41. The maximum Gasteiger partial charge on any atom is 0.0540 e. The zero-order valence-corrected chi connectivity index (χ0v) is 24.8. The molecule has 8 rings (SSSR count). The lowest BCUT2D eigenvalue weighted by Crippen LogP contribution is -2.11. The molecule has 0 amide bonds. The molecule has 0 saturated carbocycles. The molecule has 0 spiro atoms. The van der Waals surface area contributed by atoms with Gasteiger partial charge in [0, 0.05) is 16.9 Å².